The van der Waals surface area contributed by atoms with Crippen LogP contribution in [0.25, 0.3) is 10.8 Å². The standard InChI is InChI=1S/C30H31NO/c1-4-12-24(13-5-1)30(25-14-6-2-7-15-25)28-18-19-29(27-17-9-8-16-26(27)28)32-23-22-31-20-10-3-11-21-31/h1-2,4-9,12-19,30H,3,10-11,20-23H2. The molecule has 1 aliphatic heterocycles. The zero-order valence-electron chi connectivity index (χ0n) is 18.6. The van der Waals surface area contributed by atoms with Gasteiger partial charge in [0.25, 0.3) is 0 Å². The van der Waals surface area contributed by atoms with Gasteiger partial charge in [0.1, 0.15) is 12.4 Å². The first kappa shape index (κ1) is 20.8. The molecule has 0 saturated carbocycles. The molecule has 162 valence electrons. The van der Waals surface area contributed by atoms with Crippen molar-refractivity contribution in [2.75, 3.05) is 26.2 Å². The summed E-state index contributed by atoms with van der Waals surface area (Å²) in [6.45, 7) is 4.16. The minimum absolute atomic E-state index is 0.185. The van der Waals surface area contributed by atoms with E-state index in [2.05, 4.69) is 102 Å². The van der Waals surface area contributed by atoms with E-state index in [0.717, 1.165) is 18.9 Å². The second-order valence-electron chi connectivity index (χ2n) is 8.70. The first-order valence-corrected chi connectivity index (χ1v) is 11.9. The monoisotopic (exact) mass is 421 g/mol. The molecule has 2 nitrogen and oxygen atoms in total. The van der Waals surface area contributed by atoms with Crippen molar-refractivity contribution in [1.29, 1.82) is 0 Å². The van der Waals surface area contributed by atoms with Crippen LogP contribution in [0.5, 0.6) is 5.75 Å². The van der Waals surface area contributed by atoms with E-state index in [-0.39, 0.29) is 5.92 Å². The number of likely N-dealkylation sites (tertiary alicyclic amines) is 1. The summed E-state index contributed by atoms with van der Waals surface area (Å²) < 4.78 is 6.33. The fourth-order valence-electron chi connectivity index (χ4n) is 4.98. The summed E-state index contributed by atoms with van der Waals surface area (Å²) >= 11 is 0. The highest BCUT2D eigenvalue weighted by atomic mass is 16.5. The normalized spacial score (nSPS) is 14.7. The van der Waals surface area contributed by atoms with E-state index in [1.807, 2.05) is 0 Å². The van der Waals surface area contributed by atoms with Gasteiger partial charge < -0.3 is 4.74 Å². The smallest absolute Gasteiger partial charge is 0.127 e. The molecule has 0 radical (unpaired) electrons. The summed E-state index contributed by atoms with van der Waals surface area (Å²) in [4.78, 5) is 2.53. The van der Waals surface area contributed by atoms with Crippen molar-refractivity contribution in [3.05, 3.63) is 114 Å². The van der Waals surface area contributed by atoms with Gasteiger partial charge in [-0.2, -0.15) is 0 Å². The van der Waals surface area contributed by atoms with Crippen LogP contribution in [-0.4, -0.2) is 31.1 Å². The summed E-state index contributed by atoms with van der Waals surface area (Å²) in [7, 11) is 0. The lowest BCUT2D eigenvalue weighted by atomic mass is 9.83. The predicted octanol–water partition coefficient (Wildman–Crippen LogP) is 6.88. The molecule has 1 saturated heterocycles. The molecule has 32 heavy (non-hydrogen) atoms. The molecule has 0 N–H and O–H groups in total. The van der Waals surface area contributed by atoms with Gasteiger partial charge in [0, 0.05) is 17.8 Å². The van der Waals surface area contributed by atoms with E-state index in [0.29, 0.717) is 0 Å². The number of ether oxygens (including phenoxy) is 1. The van der Waals surface area contributed by atoms with Crippen LogP contribution in [0, 0.1) is 0 Å². The number of fused-ring (bicyclic) bond motifs is 1. The van der Waals surface area contributed by atoms with E-state index in [4.69, 9.17) is 4.74 Å². The molecule has 4 aromatic rings. The third kappa shape index (κ3) is 4.56. The maximum absolute atomic E-state index is 6.33. The van der Waals surface area contributed by atoms with E-state index in [1.165, 1.54) is 59.8 Å². The molecular weight excluding hydrogens is 390 g/mol. The highest BCUT2D eigenvalue weighted by molar-refractivity contribution is 5.92. The Balaban J connectivity index is 1.49. The number of benzene rings is 4. The molecule has 0 spiro atoms. The lowest BCUT2D eigenvalue weighted by Crippen LogP contribution is -2.33. The third-order valence-corrected chi connectivity index (χ3v) is 6.61. The Kier molecular flexibility index (Phi) is 6.50. The fraction of sp³-hybridized carbons (Fsp3) is 0.267. The van der Waals surface area contributed by atoms with Crippen LogP contribution in [0.3, 0.4) is 0 Å². The summed E-state index contributed by atoms with van der Waals surface area (Å²) in [5.74, 6) is 1.17. The molecule has 0 unspecified atom stereocenters. The quantitative estimate of drug-likeness (QED) is 0.301. The molecule has 4 aromatic carbocycles. The number of rotatable bonds is 7. The van der Waals surface area contributed by atoms with Gasteiger partial charge >= 0.3 is 0 Å². The summed E-state index contributed by atoms with van der Waals surface area (Å²) in [6, 6.07) is 34.7. The molecule has 0 aliphatic carbocycles. The van der Waals surface area contributed by atoms with Gasteiger partial charge in [-0.3, -0.25) is 4.90 Å². The second-order valence-corrected chi connectivity index (χ2v) is 8.70. The number of hydrogen-bond donors (Lipinski definition) is 0. The largest absolute Gasteiger partial charge is 0.492 e. The molecule has 0 amide bonds. The average molecular weight is 422 g/mol. The van der Waals surface area contributed by atoms with E-state index in [1.54, 1.807) is 0 Å². The van der Waals surface area contributed by atoms with Crippen molar-refractivity contribution >= 4 is 10.8 Å². The van der Waals surface area contributed by atoms with Gasteiger partial charge in [0.05, 0.1) is 0 Å². The summed E-state index contributed by atoms with van der Waals surface area (Å²) in [6.07, 6.45) is 4.00. The summed E-state index contributed by atoms with van der Waals surface area (Å²) in [5.41, 5.74) is 3.94. The van der Waals surface area contributed by atoms with Crippen molar-refractivity contribution in [3.8, 4) is 5.75 Å². The maximum atomic E-state index is 6.33. The van der Waals surface area contributed by atoms with Crippen molar-refractivity contribution in [1.82, 2.24) is 4.90 Å². The van der Waals surface area contributed by atoms with Crippen LogP contribution in [-0.2, 0) is 0 Å². The number of hydrogen-bond acceptors (Lipinski definition) is 2. The maximum Gasteiger partial charge on any atom is 0.127 e. The summed E-state index contributed by atoms with van der Waals surface area (Å²) in [5, 5.41) is 2.46. The lowest BCUT2D eigenvalue weighted by molar-refractivity contribution is 0.184. The van der Waals surface area contributed by atoms with Crippen LogP contribution in [0.2, 0.25) is 0 Å². The van der Waals surface area contributed by atoms with Crippen LogP contribution in [0.4, 0.5) is 0 Å². The van der Waals surface area contributed by atoms with Gasteiger partial charge in [-0.1, -0.05) is 97.4 Å². The van der Waals surface area contributed by atoms with Crippen LogP contribution in [0.1, 0.15) is 41.9 Å². The Morgan fingerprint density at radius 2 is 1.22 bits per heavy atom. The van der Waals surface area contributed by atoms with Crippen LogP contribution < -0.4 is 4.74 Å². The Labute approximate surface area is 191 Å². The van der Waals surface area contributed by atoms with Gasteiger partial charge in [0.15, 0.2) is 0 Å². The Bertz CT molecular complexity index is 1090. The second kappa shape index (κ2) is 10.0. The highest BCUT2D eigenvalue weighted by Crippen LogP contribution is 2.38. The van der Waals surface area contributed by atoms with E-state index in [9.17, 15) is 0 Å². The van der Waals surface area contributed by atoms with Gasteiger partial charge in [-0.15, -0.1) is 0 Å². The van der Waals surface area contributed by atoms with Crippen molar-refractivity contribution in [2.24, 2.45) is 0 Å². The van der Waals surface area contributed by atoms with Crippen LogP contribution in [0.15, 0.2) is 97.1 Å². The third-order valence-electron chi connectivity index (χ3n) is 6.61. The van der Waals surface area contributed by atoms with Crippen molar-refractivity contribution in [2.45, 2.75) is 25.2 Å². The molecule has 0 aromatic heterocycles. The van der Waals surface area contributed by atoms with Gasteiger partial charge in [-0.05, 0) is 54.1 Å². The Morgan fingerprint density at radius 3 is 1.88 bits per heavy atom. The zero-order valence-corrected chi connectivity index (χ0v) is 18.6. The molecular formula is C30H31NO. The molecule has 0 bridgehead atoms. The first-order chi connectivity index (χ1) is 15.9. The average Bonchev–Trinajstić information content (AvgIpc) is 2.87. The number of nitrogens with zero attached hydrogens (tertiary/aromatic N) is 1. The lowest BCUT2D eigenvalue weighted by Gasteiger charge is -2.26. The van der Waals surface area contributed by atoms with Crippen molar-refractivity contribution < 1.29 is 4.74 Å². The van der Waals surface area contributed by atoms with Crippen LogP contribution >= 0.6 is 0 Å². The predicted molar refractivity (Wildman–Crippen MR) is 134 cm³/mol. The molecule has 1 heterocycles. The zero-order chi connectivity index (χ0) is 21.6. The number of piperidine rings is 1. The topological polar surface area (TPSA) is 12.5 Å². The first-order valence-electron chi connectivity index (χ1n) is 11.9. The Morgan fingerprint density at radius 1 is 0.625 bits per heavy atom. The van der Waals surface area contributed by atoms with Gasteiger partial charge in [-0.25, -0.2) is 0 Å². The molecule has 1 aliphatic rings. The minimum atomic E-state index is 0.185. The van der Waals surface area contributed by atoms with Crippen molar-refractivity contribution in [3.63, 3.8) is 0 Å². The van der Waals surface area contributed by atoms with Gasteiger partial charge in [0.2, 0.25) is 0 Å². The Hall–Kier alpha value is -3.10. The highest BCUT2D eigenvalue weighted by Gasteiger charge is 2.20. The fourth-order valence-corrected chi connectivity index (χ4v) is 4.98. The minimum Gasteiger partial charge on any atom is -0.492 e. The molecule has 2 heteroatoms. The molecule has 5 rings (SSSR count). The molecule has 0 atom stereocenters. The van der Waals surface area contributed by atoms with E-state index < -0.39 is 0 Å². The SMILES string of the molecule is c1ccc(C(c2ccccc2)c2ccc(OCCN3CCCCC3)c3ccccc23)cc1. The molecule has 1 fully saturated rings. The van der Waals surface area contributed by atoms with E-state index >= 15 is 0 Å².